The van der Waals surface area contributed by atoms with Crippen molar-refractivity contribution >= 4 is 0 Å². The summed E-state index contributed by atoms with van der Waals surface area (Å²) in [4.78, 5) is 0. The fraction of sp³-hybridized carbons (Fsp3) is 0.500. The quantitative estimate of drug-likeness (QED) is 0.738. The van der Waals surface area contributed by atoms with Gasteiger partial charge in [0.15, 0.2) is 0 Å². The van der Waals surface area contributed by atoms with Gasteiger partial charge in [-0.1, -0.05) is 17.7 Å². The largest absolute Gasteiger partial charge is 0.485 e. The van der Waals surface area contributed by atoms with E-state index < -0.39 is 0 Å². The van der Waals surface area contributed by atoms with Crippen LogP contribution in [0.3, 0.4) is 0 Å². The third-order valence-corrected chi connectivity index (χ3v) is 2.83. The Morgan fingerprint density at radius 3 is 3.00 bits per heavy atom. The molecule has 76 valence electrons. The average Bonchev–Trinajstić information content (AvgIpc) is 2.19. The molecule has 0 saturated heterocycles. The van der Waals surface area contributed by atoms with Gasteiger partial charge in [0.2, 0.25) is 0 Å². The van der Waals surface area contributed by atoms with Gasteiger partial charge in [-0.25, -0.2) is 0 Å². The zero-order valence-corrected chi connectivity index (χ0v) is 8.71. The van der Waals surface area contributed by atoms with Gasteiger partial charge >= 0.3 is 0 Å². The Morgan fingerprint density at radius 1 is 1.50 bits per heavy atom. The molecule has 1 aliphatic heterocycles. The van der Waals surface area contributed by atoms with Gasteiger partial charge in [-0.15, -0.1) is 0 Å². The van der Waals surface area contributed by atoms with E-state index >= 15 is 0 Å². The highest BCUT2D eigenvalue weighted by molar-refractivity contribution is 5.39. The lowest BCUT2D eigenvalue weighted by atomic mass is 9.92. The topological polar surface area (TPSA) is 29.5 Å². The van der Waals surface area contributed by atoms with Gasteiger partial charge in [0.05, 0.1) is 6.61 Å². The fourth-order valence-electron chi connectivity index (χ4n) is 1.83. The van der Waals surface area contributed by atoms with E-state index in [0.717, 1.165) is 18.6 Å². The van der Waals surface area contributed by atoms with Gasteiger partial charge in [-0.2, -0.15) is 0 Å². The van der Waals surface area contributed by atoms with Crippen LogP contribution in [0.4, 0.5) is 0 Å². The summed E-state index contributed by atoms with van der Waals surface area (Å²) in [6, 6.07) is 6.20. The molecule has 0 spiro atoms. The number of ether oxygens (including phenoxy) is 1. The van der Waals surface area contributed by atoms with Crippen LogP contribution in [0.15, 0.2) is 18.2 Å². The first-order valence-corrected chi connectivity index (χ1v) is 5.02. The molecule has 14 heavy (non-hydrogen) atoms. The minimum Gasteiger partial charge on any atom is -0.485 e. The van der Waals surface area contributed by atoms with E-state index in [1.54, 1.807) is 0 Å². The highest BCUT2D eigenvalue weighted by atomic mass is 16.5. The summed E-state index contributed by atoms with van der Waals surface area (Å²) in [5, 5.41) is 9.21. The zero-order chi connectivity index (χ0) is 10.2. The Morgan fingerprint density at radius 2 is 2.29 bits per heavy atom. The van der Waals surface area contributed by atoms with Gasteiger partial charge in [0.1, 0.15) is 11.4 Å². The predicted molar refractivity (Wildman–Crippen MR) is 55.6 cm³/mol. The summed E-state index contributed by atoms with van der Waals surface area (Å²) in [6.45, 7) is 4.12. The monoisotopic (exact) mass is 192 g/mol. The average molecular weight is 192 g/mol. The molecule has 0 aromatic heterocycles. The Hall–Kier alpha value is -1.02. The van der Waals surface area contributed by atoms with E-state index in [1.807, 2.05) is 19.1 Å². The van der Waals surface area contributed by atoms with Gasteiger partial charge in [0, 0.05) is 0 Å². The third kappa shape index (κ3) is 1.62. The number of hydrogen-bond acceptors (Lipinski definition) is 2. The summed E-state index contributed by atoms with van der Waals surface area (Å²) in [5.74, 6) is 0.929. The number of aliphatic hydroxyl groups excluding tert-OH is 1. The molecule has 2 rings (SSSR count). The Kier molecular flexibility index (Phi) is 2.23. The van der Waals surface area contributed by atoms with Crippen molar-refractivity contribution in [1.29, 1.82) is 0 Å². The molecular weight excluding hydrogens is 176 g/mol. The van der Waals surface area contributed by atoms with E-state index in [0.29, 0.717) is 0 Å². The molecule has 1 atom stereocenters. The first-order valence-electron chi connectivity index (χ1n) is 5.02. The molecule has 2 nitrogen and oxygen atoms in total. The van der Waals surface area contributed by atoms with Crippen molar-refractivity contribution in [2.24, 2.45) is 0 Å². The lowest BCUT2D eigenvalue weighted by Gasteiger charge is -2.34. The van der Waals surface area contributed by atoms with Crippen molar-refractivity contribution in [1.82, 2.24) is 0 Å². The minimum atomic E-state index is -0.387. The van der Waals surface area contributed by atoms with Crippen molar-refractivity contribution in [3.63, 3.8) is 0 Å². The lowest BCUT2D eigenvalue weighted by Crippen LogP contribution is -2.39. The van der Waals surface area contributed by atoms with Crippen molar-refractivity contribution in [2.45, 2.75) is 32.3 Å². The summed E-state index contributed by atoms with van der Waals surface area (Å²) >= 11 is 0. The Labute approximate surface area is 84.5 Å². The summed E-state index contributed by atoms with van der Waals surface area (Å²) in [6.07, 6.45) is 1.88. The number of rotatable bonds is 1. The second-order valence-corrected chi connectivity index (χ2v) is 4.32. The zero-order valence-electron chi connectivity index (χ0n) is 8.71. The van der Waals surface area contributed by atoms with Crippen molar-refractivity contribution in [3.8, 4) is 5.75 Å². The molecule has 1 aliphatic rings. The molecule has 1 heterocycles. The maximum absolute atomic E-state index is 9.21. The van der Waals surface area contributed by atoms with E-state index in [-0.39, 0.29) is 12.2 Å². The smallest absolute Gasteiger partial charge is 0.129 e. The van der Waals surface area contributed by atoms with E-state index in [9.17, 15) is 5.11 Å². The van der Waals surface area contributed by atoms with Crippen molar-refractivity contribution in [3.05, 3.63) is 29.3 Å². The molecule has 1 N–H and O–H groups in total. The third-order valence-electron chi connectivity index (χ3n) is 2.83. The van der Waals surface area contributed by atoms with Crippen LogP contribution < -0.4 is 4.74 Å². The number of aliphatic hydroxyl groups is 1. The van der Waals surface area contributed by atoms with Crippen molar-refractivity contribution in [2.75, 3.05) is 6.61 Å². The van der Waals surface area contributed by atoms with Crippen LogP contribution in [0.25, 0.3) is 0 Å². The summed E-state index contributed by atoms with van der Waals surface area (Å²) < 4.78 is 5.77. The normalized spacial score (nSPS) is 25.4. The molecule has 0 radical (unpaired) electrons. The molecule has 0 saturated carbocycles. The molecule has 1 aromatic carbocycles. The molecule has 1 aromatic rings. The molecule has 0 fully saturated rings. The van der Waals surface area contributed by atoms with Gasteiger partial charge in [-0.3, -0.25) is 0 Å². The molecular formula is C12H16O2. The first-order chi connectivity index (χ1) is 6.63. The SMILES string of the molecule is Cc1ccc2c(c1)CCC(C)(CO)O2. The van der Waals surface area contributed by atoms with E-state index in [2.05, 4.69) is 13.0 Å². The lowest BCUT2D eigenvalue weighted by molar-refractivity contribution is 0.00807. The summed E-state index contributed by atoms with van der Waals surface area (Å²) in [7, 11) is 0. The second-order valence-electron chi connectivity index (χ2n) is 4.32. The fourth-order valence-corrected chi connectivity index (χ4v) is 1.83. The first kappa shape index (κ1) is 9.53. The second kappa shape index (κ2) is 3.28. The van der Waals surface area contributed by atoms with Gasteiger partial charge in [0.25, 0.3) is 0 Å². The van der Waals surface area contributed by atoms with Gasteiger partial charge < -0.3 is 9.84 Å². The molecule has 2 heteroatoms. The highest BCUT2D eigenvalue weighted by Crippen LogP contribution is 2.33. The highest BCUT2D eigenvalue weighted by Gasteiger charge is 2.30. The van der Waals surface area contributed by atoms with E-state index in [4.69, 9.17) is 4.74 Å². The molecule has 0 aliphatic carbocycles. The van der Waals surface area contributed by atoms with Crippen LogP contribution in [-0.4, -0.2) is 17.3 Å². The standard InChI is InChI=1S/C12H16O2/c1-9-3-4-11-10(7-9)5-6-12(2,8-13)14-11/h3-4,7,13H,5-6,8H2,1-2H3. The minimum absolute atomic E-state index is 0.0836. The number of fused-ring (bicyclic) bond motifs is 1. The Balaban J connectivity index is 2.31. The van der Waals surface area contributed by atoms with Crippen LogP contribution in [0.2, 0.25) is 0 Å². The predicted octanol–water partition coefficient (Wildman–Crippen LogP) is 2.07. The number of benzene rings is 1. The molecule has 1 unspecified atom stereocenters. The van der Waals surface area contributed by atoms with Crippen LogP contribution in [0, 0.1) is 6.92 Å². The van der Waals surface area contributed by atoms with Crippen LogP contribution in [0.1, 0.15) is 24.5 Å². The number of aryl methyl sites for hydroxylation is 2. The van der Waals surface area contributed by atoms with Crippen LogP contribution in [-0.2, 0) is 6.42 Å². The van der Waals surface area contributed by atoms with Gasteiger partial charge in [-0.05, 0) is 38.3 Å². The van der Waals surface area contributed by atoms with Crippen molar-refractivity contribution < 1.29 is 9.84 Å². The maximum Gasteiger partial charge on any atom is 0.129 e. The number of hydrogen-bond donors (Lipinski definition) is 1. The van der Waals surface area contributed by atoms with E-state index in [1.165, 1.54) is 11.1 Å². The maximum atomic E-state index is 9.21. The Bertz CT molecular complexity index is 346. The summed E-state index contributed by atoms with van der Waals surface area (Å²) in [5.41, 5.74) is 2.14. The van der Waals surface area contributed by atoms with Crippen LogP contribution in [0.5, 0.6) is 5.75 Å². The van der Waals surface area contributed by atoms with Crippen LogP contribution >= 0.6 is 0 Å². The molecule has 0 bridgehead atoms. The molecule has 0 amide bonds.